The summed E-state index contributed by atoms with van der Waals surface area (Å²) in [6, 6.07) is 0.329. The van der Waals surface area contributed by atoms with E-state index in [1.165, 1.54) is 24.3 Å². The maximum atomic E-state index is 11.8. The van der Waals surface area contributed by atoms with Crippen molar-refractivity contribution in [2.24, 2.45) is 10.9 Å². The number of likely N-dealkylation sites (tertiary alicyclic amines) is 1. The van der Waals surface area contributed by atoms with Gasteiger partial charge in [-0.25, -0.2) is 0 Å². The summed E-state index contributed by atoms with van der Waals surface area (Å²) in [6.07, 6.45) is 4.18. The fraction of sp³-hybridized carbons (Fsp3) is 0.875. The quantitative estimate of drug-likeness (QED) is 0.596. The minimum absolute atomic E-state index is 0.256. The molecule has 0 radical (unpaired) electrons. The molecule has 2 saturated heterocycles. The van der Waals surface area contributed by atoms with Crippen molar-refractivity contribution < 1.29 is 4.79 Å². The van der Waals surface area contributed by atoms with Gasteiger partial charge in [0.1, 0.15) is 0 Å². The highest BCUT2D eigenvalue weighted by Crippen LogP contribution is 2.22. The van der Waals surface area contributed by atoms with Crippen LogP contribution in [0, 0.1) is 5.92 Å². The van der Waals surface area contributed by atoms with Crippen LogP contribution in [0.4, 0.5) is 0 Å². The van der Waals surface area contributed by atoms with Crippen molar-refractivity contribution in [3.8, 4) is 0 Å². The lowest BCUT2D eigenvalue weighted by molar-refractivity contribution is -0.129. The molecule has 1 amide bonds. The number of rotatable bonds is 5. The SMILES string of the molecule is CCNC(=NCC1CCSCC1)NC1CCN(C(=O)CC)C1. The lowest BCUT2D eigenvalue weighted by atomic mass is 10.0. The van der Waals surface area contributed by atoms with E-state index in [-0.39, 0.29) is 5.91 Å². The van der Waals surface area contributed by atoms with Crippen molar-refractivity contribution in [1.29, 1.82) is 0 Å². The molecule has 1 atom stereocenters. The van der Waals surface area contributed by atoms with Gasteiger partial charge in [0, 0.05) is 38.6 Å². The number of hydrogen-bond acceptors (Lipinski definition) is 3. The second kappa shape index (κ2) is 9.28. The van der Waals surface area contributed by atoms with Crippen LogP contribution in [0.15, 0.2) is 4.99 Å². The molecule has 2 aliphatic rings. The molecule has 2 N–H and O–H groups in total. The molecular formula is C16H30N4OS. The van der Waals surface area contributed by atoms with E-state index >= 15 is 0 Å². The van der Waals surface area contributed by atoms with E-state index in [0.29, 0.717) is 12.5 Å². The Morgan fingerprint density at radius 2 is 2.05 bits per heavy atom. The number of aliphatic imine (C=N–C) groups is 1. The molecule has 0 aliphatic carbocycles. The van der Waals surface area contributed by atoms with Gasteiger partial charge in [-0.1, -0.05) is 6.92 Å². The number of hydrogen-bond donors (Lipinski definition) is 2. The topological polar surface area (TPSA) is 56.7 Å². The van der Waals surface area contributed by atoms with E-state index in [9.17, 15) is 4.79 Å². The normalized spacial score (nSPS) is 23.6. The van der Waals surface area contributed by atoms with Gasteiger partial charge in [-0.2, -0.15) is 11.8 Å². The second-order valence-electron chi connectivity index (χ2n) is 6.10. The molecule has 0 aromatic heterocycles. The molecule has 22 heavy (non-hydrogen) atoms. The highest BCUT2D eigenvalue weighted by atomic mass is 32.2. The number of guanidine groups is 1. The predicted molar refractivity (Wildman–Crippen MR) is 94.4 cm³/mol. The molecule has 0 spiro atoms. The molecule has 1 unspecified atom stereocenters. The molecule has 2 aliphatic heterocycles. The molecule has 2 fully saturated rings. The van der Waals surface area contributed by atoms with E-state index in [0.717, 1.165) is 44.5 Å². The number of nitrogens with one attached hydrogen (secondary N) is 2. The van der Waals surface area contributed by atoms with Crippen molar-refractivity contribution in [3.63, 3.8) is 0 Å². The van der Waals surface area contributed by atoms with Crippen LogP contribution in [0.3, 0.4) is 0 Å². The smallest absolute Gasteiger partial charge is 0.222 e. The summed E-state index contributed by atoms with van der Waals surface area (Å²) in [5.41, 5.74) is 0. The largest absolute Gasteiger partial charge is 0.357 e. The molecular weight excluding hydrogens is 296 g/mol. The first-order valence-electron chi connectivity index (χ1n) is 8.63. The highest BCUT2D eigenvalue weighted by molar-refractivity contribution is 7.99. The Hall–Kier alpha value is -0.910. The van der Waals surface area contributed by atoms with Crippen LogP contribution in [0.2, 0.25) is 0 Å². The highest BCUT2D eigenvalue weighted by Gasteiger charge is 2.25. The van der Waals surface area contributed by atoms with Crippen LogP contribution >= 0.6 is 11.8 Å². The summed E-state index contributed by atoms with van der Waals surface area (Å²) in [4.78, 5) is 18.5. The van der Waals surface area contributed by atoms with Gasteiger partial charge in [0.25, 0.3) is 0 Å². The lowest BCUT2D eigenvalue weighted by Gasteiger charge is -2.21. The van der Waals surface area contributed by atoms with Gasteiger partial charge in [0.15, 0.2) is 5.96 Å². The van der Waals surface area contributed by atoms with Crippen LogP contribution in [-0.2, 0) is 4.79 Å². The third-order valence-electron chi connectivity index (χ3n) is 4.38. The molecule has 0 aromatic rings. The molecule has 2 heterocycles. The van der Waals surface area contributed by atoms with Crippen LogP contribution in [-0.4, -0.2) is 60.5 Å². The molecule has 0 bridgehead atoms. The first kappa shape index (κ1) is 17.4. The van der Waals surface area contributed by atoms with Gasteiger partial charge in [0.05, 0.1) is 0 Å². The first-order chi connectivity index (χ1) is 10.7. The molecule has 0 aromatic carbocycles. The summed E-state index contributed by atoms with van der Waals surface area (Å²) in [5, 5.41) is 6.84. The lowest BCUT2D eigenvalue weighted by Crippen LogP contribution is -2.45. The Balaban J connectivity index is 1.81. The Morgan fingerprint density at radius 3 is 2.73 bits per heavy atom. The Morgan fingerprint density at radius 1 is 1.27 bits per heavy atom. The number of carbonyl (C=O) groups excluding carboxylic acids is 1. The van der Waals surface area contributed by atoms with E-state index in [2.05, 4.69) is 29.3 Å². The monoisotopic (exact) mass is 326 g/mol. The standard InChI is InChI=1S/C16H30N4OS/c1-3-15(21)20-8-5-14(12-20)19-16(17-4-2)18-11-13-6-9-22-10-7-13/h13-14H,3-12H2,1-2H3,(H2,17,18,19). The van der Waals surface area contributed by atoms with Gasteiger partial charge in [0.2, 0.25) is 5.91 Å². The maximum Gasteiger partial charge on any atom is 0.222 e. The molecule has 2 rings (SSSR count). The van der Waals surface area contributed by atoms with Crippen LogP contribution in [0.1, 0.15) is 39.5 Å². The van der Waals surface area contributed by atoms with Crippen molar-refractivity contribution in [3.05, 3.63) is 0 Å². The van der Waals surface area contributed by atoms with Crippen LogP contribution in [0.25, 0.3) is 0 Å². The van der Waals surface area contributed by atoms with E-state index < -0.39 is 0 Å². The molecule has 5 nitrogen and oxygen atoms in total. The zero-order chi connectivity index (χ0) is 15.8. The Bertz CT molecular complexity index is 382. The number of amides is 1. The average molecular weight is 327 g/mol. The third-order valence-corrected chi connectivity index (χ3v) is 5.43. The zero-order valence-corrected chi connectivity index (χ0v) is 14.8. The minimum atomic E-state index is 0.256. The predicted octanol–water partition coefficient (Wildman–Crippen LogP) is 1.70. The number of nitrogens with zero attached hydrogens (tertiary/aromatic N) is 2. The zero-order valence-electron chi connectivity index (χ0n) is 13.9. The Kier molecular flexibility index (Phi) is 7.36. The second-order valence-corrected chi connectivity index (χ2v) is 7.32. The summed E-state index contributed by atoms with van der Waals surface area (Å²) in [7, 11) is 0. The fourth-order valence-corrected chi connectivity index (χ4v) is 4.20. The fourth-order valence-electron chi connectivity index (χ4n) is 2.99. The van der Waals surface area contributed by atoms with Gasteiger partial charge >= 0.3 is 0 Å². The van der Waals surface area contributed by atoms with Gasteiger partial charge < -0.3 is 15.5 Å². The van der Waals surface area contributed by atoms with Crippen LogP contribution < -0.4 is 10.6 Å². The van der Waals surface area contributed by atoms with E-state index in [1.54, 1.807) is 0 Å². The van der Waals surface area contributed by atoms with Crippen LogP contribution in [0.5, 0.6) is 0 Å². The molecule has 6 heteroatoms. The minimum Gasteiger partial charge on any atom is -0.357 e. The summed E-state index contributed by atoms with van der Waals surface area (Å²) in [6.45, 7) is 7.48. The number of carbonyl (C=O) groups is 1. The molecule has 0 saturated carbocycles. The summed E-state index contributed by atoms with van der Waals surface area (Å²) >= 11 is 2.06. The molecule has 126 valence electrons. The average Bonchev–Trinajstić information content (AvgIpc) is 3.01. The van der Waals surface area contributed by atoms with E-state index in [1.807, 2.05) is 11.8 Å². The van der Waals surface area contributed by atoms with Gasteiger partial charge in [-0.3, -0.25) is 9.79 Å². The van der Waals surface area contributed by atoms with Crippen molar-refractivity contribution >= 4 is 23.6 Å². The Labute approximate surface area is 138 Å². The first-order valence-corrected chi connectivity index (χ1v) is 9.78. The van der Waals surface area contributed by atoms with Crippen molar-refractivity contribution in [2.75, 3.05) is 37.7 Å². The van der Waals surface area contributed by atoms with Crippen molar-refractivity contribution in [1.82, 2.24) is 15.5 Å². The van der Waals surface area contributed by atoms with Gasteiger partial charge in [-0.15, -0.1) is 0 Å². The summed E-state index contributed by atoms with van der Waals surface area (Å²) in [5.74, 6) is 4.46. The summed E-state index contributed by atoms with van der Waals surface area (Å²) < 4.78 is 0. The number of thioether (sulfide) groups is 1. The third kappa shape index (κ3) is 5.38. The van der Waals surface area contributed by atoms with Gasteiger partial charge in [-0.05, 0) is 43.6 Å². The maximum absolute atomic E-state index is 11.8. The van der Waals surface area contributed by atoms with E-state index in [4.69, 9.17) is 4.99 Å². The van der Waals surface area contributed by atoms with Crippen molar-refractivity contribution in [2.45, 2.75) is 45.6 Å².